The number of benzene rings is 1. The van der Waals surface area contributed by atoms with Crippen LogP contribution < -0.4 is 0 Å². The maximum absolute atomic E-state index is 11.7. The van der Waals surface area contributed by atoms with Crippen LogP contribution in [0.4, 0.5) is 0 Å². The van der Waals surface area contributed by atoms with Crippen LogP contribution in [0.15, 0.2) is 24.3 Å². The number of carbonyl (C=O) groups is 2. The summed E-state index contributed by atoms with van der Waals surface area (Å²) in [5.74, 6) is -1.82. The summed E-state index contributed by atoms with van der Waals surface area (Å²) in [4.78, 5) is 22.7. The van der Waals surface area contributed by atoms with E-state index in [0.29, 0.717) is 13.2 Å². The molecule has 0 amide bonds. The third-order valence-electron chi connectivity index (χ3n) is 2.54. The molecule has 2 rings (SSSR count). The van der Waals surface area contributed by atoms with Crippen LogP contribution in [0.25, 0.3) is 0 Å². The third-order valence-corrected chi connectivity index (χ3v) is 2.54. The second-order valence-corrected chi connectivity index (χ2v) is 4.02. The highest BCUT2D eigenvalue weighted by Crippen LogP contribution is 2.11. The molecule has 1 aromatic rings. The van der Waals surface area contributed by atoms with Crippen molar-refractivity contribution in [3.8, 4) is 0 Å². The number of carboxylic acid groups (broad SMARTS) is 1. The summed E-state index contributed by atoms with van der Waals surface area (Å²) in [6, 6.07) is 5.92. The molecular weight excluding hydrogens is 252 g/mol. The van der Waals surface area contributed by atoms with Gasteiger partial charge in [-0.3, -0.25) is 0 Å². The lowest BCUT2D eigenvalue weighted by Gasteiger charge is -2.07. The van der Waals surface area contributed by atoms with Crippen molar-refractivity contribution in [1.82, 2.24) is 0 Å². The van der Waals surface area contributed by atoms with E-state index in [0.717, 1.165) is 0 Å². The van der Waals surface area contributed by atoms with E-state index in [-0.39, 0.29) is 30.4 Å². The Kier molecular flexibility index (Phi) is 4.48. The smallest absolute Gasteiger partial charge is 0.339 e. The Balaban J connectivity index is 1.79. The zero-order chi connectivity index (χ0) is 13.7. The van der Waals surface area contributed by atoms with Gasteiger partial charge in [-0.25, -0.2) is 9.59 Å². The number of hydrogen-bond donors (Lipinski definition) is 1. The van der Waals surface area contributed by atoms with Gasteiger partial charge in [-0.1, -0.05) is 12.1 Å². The van der Waals surface area contributed by atoms with E-state index < -0.39 is 11.9 Å². The number of rotatable bonds is 7. The maximum Gasteiger partial charge on any atom is 0.339 e. The molecule has 6 heteroatoms. The molecule has 19 heavy (non-hydrogen) atoms. The number of aromatic carboxylic acids is 1. The van der Waals surface area contributed by atoms with Gasteiger partial charge in [0.2, 0.25) is 0 Å². The molecule has 1 fully saturated rings. The Bertz CT molecular complexity index is 466. The van der Waals surface area contributed by atoms with E-state index in [4.69, 9.17) is 19.3 Å². The van der Waals surface area contributed by atoms with E-state index in [1.165, 1.54) is 12.1 Å². The number of epoxide rings is 1. The lowest BCUT2D eigenvalue weighted by atomic mass is 10.1. The molecule has 0 bridgehead atoms. The van der Waals surface area contributed by atoms with Crippen molar-refractivity contribution in [2.75, 3.05) is 26.4 Å². The van der Waals surface area contributed by atoms with E-state index in [1.807, 2.05) is 0 Å². The highest BCUT2D eigenvalue weighted by molar-refractivity contribution is 6.02. The molecule has 0 radical (unpaired) electrons. The number of hydrogen-bond acceptors (Lipinski definition) is 5. The van der Waals surface area contributed by atoms with Gasteiger partial charge in [0.25, 0.3) is 0 Å². The highest BCUT2D eigenvalue weighted by Gasteiger charge is 2.22. The van der Waals surface area contributed by atoms with E-state index >= 15 is 0 Å². The topological polar surface area (TPSA) is 85.4 Å². The second kappa shape index (κ2) is 6.31. The van der Waals surface area contributed by atoms with Crippen molar-refractivity contribution < 1.29 is 28.9 Å². The van der Waals surface area contributed by atoms with Gasteiger partial charge in [0.05, 0.1) is 30.9 Å². The van der Waals surface area contributed by atoms with Crippen molar-refractivity contribution in [2.24, 2.45) is 0 Å². The molecular formula is C13H14O6. The zero-order valence-corrected chi connectivity index (χ0v) is 10.2. The summed E-state index contributed by atoms with van der Waals surface area (Å²) < 4.78 is 15.1. The number of carbonyl (C=O) groups excluding carboxylic acids is 1. The van der Waals surface area contributed by atoms with Crippen LogP contribution in [0.1, 0.15) is 20.7 Å². The van der Waals surface area contributed by atoms with E-state index in [9.17, 15) is 9.59 Å². The predicted octanol–water partition coefficient (Wildman–Crippen LogP) is 0.957. The van der Waals surface area contributed by atoms with Gasteiger partial charge >= 0.3 is 11.9 Å². The molecule has 102 valence electrons. The standard InChI is InChI=1S/C13H14O6/c14-12(15)10-3-1-2-4-11(10)13(16)18-6-5-17-7-9-8-19-9/h1-4,9H,5-8H2,(H,14,15). The largest absolute Gasteiger partial charge is 0.478 e. The van der Waals surface area contributed by atoms with Crippen molar-refractivity contribution in [3.05, 3.63) is 35.4 Å². The minimum absolute atomic E-state index is 0.0422. The van der Waals surface area contributed by atoms with Gasteiger partial charge in [0.1, 0.15) is 12.7 Å². The average molecular weight is 266 g/mol. The lowest BCUT2D eigenvalue weighted by molar-refractivity contribution is 0.0292. The molecule has 0 saturated carbocycles. The monoisotopic (exact) mass is 266 g/mol. The van der Waals surface area contributed by atoms with Gasteiger partial charge in [0, 0.05) is 0 Å². The Hall–Kier alpha value is -1.92. The quantitative estimate of drug-likeness (QED) is 0.449. The molecule has 1 aliphatic heterocycles. The molecule has 0 aliphatic carbocycles. The van der Waals surface area contributed by atoms with Crippen molar-refractivity contribution >= 4 is 11.9 Å². The minimum Gasteiger partial charge on any atom is -0.478 e. The summed E-state index contributed by atoms with van der Waals surface area (Å²) >= 11 is 0. The molecule has 1 atom stereocenters. The summed E-state index contributed by atoms with van der Waals surface area (Å²) in [5.41, 5.74) is -0.0275. The van der Waals surface area contributed by atoms with E-state index in [2.05, 4.69) is 0 Å². The van der Waals surface area contributed by atoms with Crippen molar-refractivity contribution in [2.45, 2.75) is 6.10 Å². The molecule has 6 nitrogen and oxygen atoms in total. The SMILES string of the molecule is O=C(O)c1ccccc1C(=O)OCCOCC1CO1. The molecule has 1 unspecified atom stereocenters. The van der Waals surface area contributed by atoms with Crippen LogP contribution in [0, 0.1) is 0 Å². The van der Waals surface area contributed by atoms with Gasteiger partial charge in [-0.2, -0.15) is 0 Å². The van der Waals surface area contributed by atoms with Gasteiger partial charge in [-0.15, -0.1) is 0 Å². The number of esters is 1. The number of ether oxygens (including phenoxy) is 3. The van der Waals surface area contributed by atoms with Gasteiger partial charge < -0.3 is 19.3 Å². The van der Waals surface area contributed by atoms with Crippen molar-refractivity contribution in [3.63, 3.8) is 0 Å². The van der Waals surface area contributed by atoms with E-state index in [1.54, 1.807) is 12.1 Å². The number of carboxylic acids is 1. The fourth-order valence-corrected chi connectivity index (χ4v) is 1.50. The summed E-state index contributed by atoms with van der Waals surface area (Å²) in [5, 5.41) is 8.95. The Morgan fingerprint density at radius 1 is 1.26 bits per heavy atom. The van der Waals surface area contributed by atoms with Crippen molar-refractivity contribution in [1.29, 1.82) is 0 Å². The predicted molar refractivity (Wildman–Crippen MR) is 64.2 cm³/mol. The highest BCUT2D eigenvalue weighted by atomic mass is 16.6. The first kappa shape index (κ1) is 13.5. The Morgan fingerprint density at radius 2 is 1.95 bits per heavy atom. The molecule has 1 heterocycles. The zero-order valence-electron chi connectivity index (χ0n) is 10.2. The summed E-state index contributed by atoms with van der Waals surface area (Å²) in [7, 11) is 0. The average Bonchev–Trinajstić information content (AvgIpc) is 3.22. The Morgan fingerprint density at radius 3 is 2.58 bits per heavy atom. The normalized spacial score (nSPS) is 16.9. The molecule has 0 spiro atoms. The molecule has 0 aromatic heterocycles. The minimum atomic E-state index is -1.16. The third kappa shape index (κ3) is 4.04. The molecule has 1 saturated heterocycles. The van der Waals surface area contributed by atoms with Crippen LogP contribution in [0.2, 0.25) is 0 Å². The van der Waals surface area contributed by atoms with Crippen LogP contribution in [0.3, 0.4) is 0 Å². The van der Waals surface area contributed by atoms with Crippen LogP contribution >= 0.6 is 0 Å². The van der Waals surface area contributed by atoms with Crippen LogP contribution in [-0.2, 0) is 14.2 Å². The van der Waals surface area contributed by atoms with Gasteiger partial charge in [0.15, 0.2) is 0 Å². The molecule has 1 aromatic carbocycles. The maximum atomic E-state index is 11.7. The molecule has 1 N–H and O–H groups in total. The molecule has 1 aliphatic rings. The second-order valence-electron chi connectivity index (χ2n) is 4.02. The summed E-state index contributed by atoms with van der Waals surface area (Å²) in [6.45, 7) is 1.55. The fourth-order valence-electron chi connectivity index (χ4n) is 1.50. The first-order chi connectivity index (χ1) is 9.18. The van der Waals surface area contributed by atoms with Gasteiger partial charge in [-0.05, 0) is 12.1 Å². The summed E-state index contributed by atoms with van der Waals surface area (Å²) in [6.07, 6.45) is 0.170. The Labute approximate surface area is 109 Å². The van der Waals surface area contributed by atoms with Crippen LogP contribution in [-0.4, -0.2) is 49.6 Å². The first-order valence-corrected chi connectivity index (χ1v) is 5.87. The fraction of sp³-hybridized carbons (Fsp3) is 0.385. The lowest BCUT2D eigenvalue weighted by Crippen LogP contribution is -2.15. The van der Waals surface area contributed by atoms with Crippen LogP contribution in [0.5, 0.6) is 0 Å². The first-order valence-electron chi connectivity index (χ1n) is 5.87.